The summed E-state index contributed by atoms with van der Waals surface area (Å²) in [7, 11) is 0. The van der Waals surface area contributed by atoms with Gasteiger partial charge >= 0.3 is 5.63 Å². The highest BCUT2D eigenvalue weighted by molar-refractivity contribution is 5.81. The molecule has 0 spiro atoms. The molecule has 0 unspecified atom stereocenters. The van der Waals surface area contributed by atoms with Gasteiger partial charge in [0.2, 0.25) is 5.91 Å². The predicted molar refractivity (Wildman–Crippen MR) is 104 cm³/mol. The van der Waals surface area contributed by atoms with Gasteiger partial charge < -0.3 is 9.73 Å². The summed E-state index contributed by atoms with van der Waals surface area (Å²) in [5.41, 5.74) is 3.35. The van der Waals surface area contributed by atoms with Gasteiger partial charge in [0.25, 0.3) is 0 Å². The fourth-order valence-corrected chi connectivity index (χ4v) is 3.75. The molecule has 1 N–H and O–H groups in total. The fourth-order valence-electron chi connectivity index (χ4n) is 3.75. The van der Waals surface area contributed by atoms with E-state index in [1.54, 1.807) is 6.07 Å². The highest BCUT2D eigenvalue weighted by atomic mass is 16.4. The lowest BCUT2D eigenvalue weighted by molar-refractivity contribution is -0.121. The Bertz CT molecular complexity index is 1030. The summed E-state index contributed by atoms with van der Waals surface area (Å²) in [6.07, 6.45) is 0.405. The highest BCUT2D eigenvalue weighted by Crippen LogP contribution is 2.29. The van der Waals surface area contributed by atoms with E-state index in [0.29, 0.717) is 25.1 Å². The monoisotopic (exact) mass is 362 g/mol. The Labute approximate surface area is 157 Å². The number of hydrogen-bond donors (Lipinski definition) is 1. The van der Waals surface area contributed by atoms with Crippen LogP contribution in [0.4, 0.5) is 0 Å². The minimum Gasteiger partial charge on any atom is -0.423 e. The number of carbonyl (C=O) groups is 1. The molecule has 3 aromatic rings. The Morgan fingerprint density at radius 2 is 1.93 bits per heavy atom. The van der Waals surface area contributed by atoms with Crippen molar-refractivity contribution in [1.82, 2.24) is 10.2 Å². The van der Waals surface area contributed by atoms with Crippen molar-refractivity contribution >= 4 is 16.9 Å². The van der Waals surface area contributed by atoms with Crippen LogP contribution in [0.5, 0.6) is 0 Å². The molecule has 0 saturated carbocycles. The number of amides is 1. The van der Waals surface area contributed by atoms with Gasteiger partial charge in [-0.2, -0.15) is 0 Å². The second kappa shape index (κ2) is 7.37. The molecule has 0 bridgehead atoms. The van der Waals surface area contributed by atoms with Crippen LogP contribution in [0.1, 0.15) is 29.2 Å². The number of hydrogen-bond acceptors (Lipinski definition) is 4. The van der Waals surface area contributed by atoms with Crippen molar-refractivity contribution in [3.8, 4) is 0 Å². The van der Waals surface area contributed by atoms with E-state index in [-0.39, 0.29) is 17.6 Å². The maximum atomic E-state index is 12.2. The molecule has 1 aromatic heterocycles. The predicted octanol–water partition coefficient (Wildman–Crippen LogP) is 3.16. The summed E-state index contributed by atoms with van der Waals surface area (Å²) >= 11 is 0. The van der Waals surface area contributed by atoms with Gasteiger partial charge in [-0.1, -0.05) is 42.5 Å². The maximum absolute atomic E-state index is 12.2. The van der Waals surface area contributed by atoms with Crippen molar-refractivity contribution in [2.75, 3.05) is 13.1 Å². The lowest BCUT2D eigenvalue weighted by Crippen LogP contribution is -2.30. The summed E-state index contributed by atoms with van der Waals surface area (Å²) in [5, 5.41) is 3.90. The largest absolute Gasteiger partial charge is 0.423 e. The van der Waals surface area contributed by atoms with Gasteiger partial charge in [-0.25, -0.2) is 4.79 Å². The third kappa shape index (κ3) is 3.78. The van der Waals surface area contributed by atoms with E-state index in [4.69, 9.17) is 4.42 Å². The van der Waals surface area contributed by atoms with Crippen LogP contribution in [-0.4, -0.2) is 23.9 Å². The summed E-state index contributed by atoms with van der Waals surface area (Å²) in [4.78, 5) is 26.5. The van der Waals surface area contributed by atoms with E-state index in [1.165, 1.54) is 0 Å². The molecule has 2 aromatic carbocycles. The Hall–Kier alpha value is -2.92. The first-order valence-electron chi connectivity index (χ1n) is 9.19. The van der Waals surface area contributed by atoms with Crippen molar-refractivity contribution in [2.45, 2.75) is 25.9 Å². The van der Waals surface area contributed by atoms with Gasteiger partial charge in [-0.3, -0.25) is 9.69 Å². The van der Waals surface area contributed by atoms with E-state index in [1.807, 2.05) is 43.3 Å². The van der Waals surface area contributed by atoms with Crippen LogP contribution in [-0.2, 0) is 11.3 Å². The van der Waals surface area contributed by atoms with Gasteiger partial charge in [0.15, 0.2) is 0 Å². The average Bonchev–Trinajstić information content (AvgIpc) is 2.83. The van der Waals surface area contributed by atoms with Gasteiger partial charge in [-0.15, -0.1) is 0 Å². The average molecular weight is 362 g/mol. The first kappa shape index (κ1) is 17.5. The lowest BCUT2D eigenvalue weighted by Gasteiger charge is -2.29. The molecule has 1 atom stereocenters. The Morgan fingerprint density at radius 1 is 1.11 bits per heavy atom. The van der Waals surface area contributed by atoms with Crippen molar-refractivity contribution in [2.24, 2.45) is 0 Å². The molecule has 1 aliphatic heterocycles. The Kier molecular flexibility index (Phi) is 4.77. The number of benzene rings is 2. The minimum atomic E-state index is -0.344. The molecule has 2 heterocycles. The SMILES string of the molecule is Cc1ccc2c(CN3CCNC(=O)C[C@@H]3c3ccccc3)cc(=O)oc2c1. The van der Waals surface area contributed by atoms with Crippen molar-refractivity contribution in [3.63, 3.8) is 0 Å². The van der Waals surface area contributed by atoms with Gasteiger partial charge in [0.1, 0.15) is 5.58 Å². The van der Waals surface area contributed by atoms with E-state index in [9.17, 15) is 9.59 Å². The second-order valence-electron chi connectivity index (χ2n) is 7.04. The van der Waals surface area contributed by atoms with E-state index in [0.717, 1.165) is 28.6 Å². The normalized spacial score (nSPS) is 18.3. The summed E-state index contributed by atoms with van der Waals surface area (Å²) in [6, 6.07) is 17.5. The molecule has 1 saturated heterocycles. The van der Waals surface area contributed by atoms with E-state index < -0.39 is 0 Å². The molecular formula is C22H22N2O3. The van der Waals surface area contributed by atoms with Crippen LogP contribution >= 0.6 is 0 Å². The van der Waals surface area contributed by atoms with Crippen LogP contribution in [0.2, 0.25) is 0 Å². The quantitative estimate of drug-likeness (QED) is 0.727. The molecule has 1 amide bonds. The Balaban J connectivity index is 1.74. The van der Waals surface area contributed by atoms with Crippen LogP contribution in [0, 0.1) is 6.92 Å². The van der Waals surface area contributed by atoms with Gasteiger partial charge in [-0.05, 0) is 29.7 Å². The van der Waals surface area contributed by atoms with Crippen molar-refractivity contribution < 1.29 is 9.21 Å². The zero-order chi connectivity index (χ0) is 18.8. The minimum absolute atomic E-state index is 0.0264. The smallest absolute Gasteiger partial charge is 0.336 e. The van der Waals surface area contributed by atoms with Crippen LogP contribution in [0.3, 0.4) is 0 Å². The first-order chi connectivity index (χ1) is 13.1. The highest BCUT2D eigenvalue weighted by Gasteiger charge is 2.26. The zero-order valence-corrected chi connectivity index (χ0v) is 15.3. The standard InChI is InChI=1S/C22H22N2O3/c1-15-7-8-18-17(12-22(26)27-20(18)11-15)14-24-10-9-23-21(25)13-19(24)16-5-3-2-4-6-16/h2-8,11-12,19H,9-10,13-14H2,1H3,(H,23,25)/t19-/m1/s1. The summed E-state index contributed by atoms with van der Waals surface area (Å²) in [6.45, 7) is 3.88. The number of rotatable bonds is 3. The third-order valence-corrected chi connectivity index (χ3v) is 5.08. The molecule has 4 rings (SSSR count). The zero-order valence-electron chi connectivity index (χ0n) is 15.3. The van der Waals surface area contributed by atoms with Gasteiger partial charge in [0, 0.05) is 43.5 Å². The van der Waals surface area contributed by atoms with Crippen LogP contribution < -0.4 is 10.9 Å². The van der Waals surface area contributed by atoms with Crippen LogP contribution in [0.15, 0.2) is 63.8 Å². The van der Waals surface area contributed by atoms with Crippen molar-refractivity contribution in [1.29, 1.82) is 0 Å². The lowest BCUT2D eigenvalue weighted by atomic mass is 10.0. The Morgan fingerprint density at radius 3 is 2.74 bits per heavy atom. The number of carbonyl (C=O) groups excluding carboxylic acids is 1. The maximum Gasteiger partial charge on any atom is 0.336 e. The second-order valence-corrected chi connectivity index (χ2v) is 7.04. The molecule has 0 radical (unpaired) electrons. The van der Waals surface area contributed by atoms with E-state index in [2.05, 4.69) is 22.3 Å². The molecule has 1 aliphatic rings. The van der Waals surface area contributed by atoms with Crippen LogP contribution in [0.25, 0.3) is 11.0 Å². The number of fused-ring (bicyclic) bond motifs is 1. The first-order valence-corrected chi connectivity index (χ1v) is 9.19. The molecule has 138 valence electrons. The molecule has 5 nitrogen and oxygen atoms in total. The molecule has 5 heteroatoms. The topological polar surface area (TPSA) is 62.6 Å². The summed E-state index contributed by atoms with van der Waals surface area (Å²) in [5.74, 6) is 0.0550. The molecule has 1 fully saturated rings. The summed E-state index contributed by atoms with van der Waals surface area (Å²) < 4.78 is 5.38. The van der Waals surface area contributed by atoms with Crippen molar-refractivity contribution in [3.05, 3.63) is 81.7 Å². The fraction of sp³-hybridized carbons (Fsp3) is 0.273. The molecule has 27 heavy (non-hydrogen) atoms. The number of aryl methyl sites for hydroxylation is 1. The number of nitrogens with one attached hydrogen (secondary N) is 1. The molecule has 0 aliphatic carbocycles. The molecular weight excluding hydrogens is 340 g/mol. The number of nitrogens with zero attached hydrogens (tertiary/aromatic N) is 1. The van der Waals surface area contributed by atoms with Gasteiger partial charge in [0.05, 0.1) is 0 Å². The van der Waals surface area contributed by atoms with E-state index >= 15 is 0 Å². The third-order valence-electron chi connectivity index (χ3n) is 5.08.